The number of aromatic nitrogens is 4. The smallest absolute Gasteiger partial charge is 0.159 e. The van der Waals surface area contributed by atoms with E-state index in [1.165, 1.54) is 22.4 Å². The molecule has 110 valence electrons. The van der Waals surface area contributed by atoms with E-state index in [1.54, 1.807) is 0 Å². The first-order valence-corrected chi connectivity index (χ1v) is 6.96. The van der Waals surface area contributed by atoms with Crippen molar-refractivity contribution in [2.24, 2.45) is 0 Å². The van der Waals surface area contributed by atoms with Crippen molar-refractivity contribution in [1.29, 1.82) is 0 Å². The lowest BCUT2D eigenvalue weighted by molar-refractivity contribution is 0.633. The van der Waals surface area contributed by atoms with Crippen molar-refractivity contribution in [3.8, 4) is 11.5 Å². The lowest BCUT2D eigenvalue weighted by Gasteiger charge is -2.11. The van der Waals surface area contributed by atoms with Gasteiger partial charge in [-0.1, -0.05) is 0 Å². The minimum atomic E-state index is 0. The molecule has 1 aliphatic heterocycles. The molecule has 0 bridgehead atoms. The number of aromatic amines is 2. The number of aryl methyl sites for hydroxylation is 2. The van der Waals surface area contributed by atoms with Gasteiger partial charge in [0.25, 0.3) is 0 Å². The van der Waals surface area contributed by atoms with Crippen molar-refractivity contribution in [1.82, 2.24) is 25.5 Å². The number of hydrogen-bond donors (Lipinski definition) is 3. The quantitative estimate of drug-likeness (QED) is 0.647. The van der Waals surface area contributed by atoms with E-state index in [2.05, 4.69) is 46.5 Å². The molecule has 5 nitrogen and oxygen atoms in total. The first kappa shape index (κ1) is 14.1. The molecule has 6 heteroatoms. The van der Waals surface area contributed by atoms with Crippen LogP contribution in [-0.4, -0.2) is 26.7 Å². The van der Waals surface area contributed by atoms with Crippen LogP contribution in [0.3, 0.4) is 0 Å². The molecule has 0 saturated heterocycles. The molecule has 0 unspecified atom stereocenters. The fraction of sp³-hybridized carbons (Fsp3) is 0.333. The van der Waals surface area contributed by atoms with Crippen molar-refractivity contribution in [2.45, 2.75) is 26.8 Å². The predicted molar refractivity (Wildman–Crippen MR) is 85.8 cm³/mol. The number of rotatable bonds is 1. The molecular weight excluding hydrogens is 286 g/mol. The molecule has 3 N–H and O–H groups in total. The van der Waals surface area contributed by atoms with E-state index in [9.17, 15) is 0 Å². The molecule has 21 heavy (non-hydrogen) atoms. The molecular formula is C15H18ClN5. The fourth-order valence-electron chi connectivity index (χ4n) is 2.82. The van der Waals surface area contributed by atoms with Gasteiger partial charge in [0.05, 0.1) is 16.7 Å². The largest absolute Gasteiger partial charge is 0.337 e. The van der Waals surface area contributed by atoms with Crippen molar-refractivity contribution in [2.75, 3.05) is 6.54 Å². The van der Waals surface area contributed by atoms with Crippen molar-refractivity contribution < 1.29 is 0 Å². The second kappa shape index (κ2) is 5.16. The van der Waals surface area contributed by atoms with Crippen molar-refractivity contribution in [3.05, 3.63) is 34.5 Å². The summed E-state index contributed by atoms with van der Waals surface area (Å²) in [4.78, 5) is 8.11. The van der Waals surface area contributed by atoms with Gasteiger partial charge in [-0.25, -0.2) is 4.98 Å². The summed E-state index contributed by atoms with van der Waals surface area (Å²) in [5.41, 5.74) is 8.07. The van der Waals surface area contributed by atoms with Gasteiger partial charge in [-0.15, -0.1) is 12.4 Å². The highest BCUT2D eigenvalue weighted by atomic mass is 35.5. The Bertz CT molecular complexity index is 763. The fourth-order valence-corrected chi connectivity index (χ4v) is 2.82. The van der Waals surface area contributed by atoms with Crippen LogP contribution in [0.4, 0.5) is 0 Å². The maximum absolute atomic E-state index is 4.71. The Morgan fingerprint density at radius 3 is 2.81 bits per heavy atom. The van der Waals surface area contributed by atoms with Crippen LogP contribution in [0.25, 0.3) is 22.6 Å². The molecule has 1 aromatic carbocycles. The summed E-state index contributed by atoms with van der Waals surface area (Å²) in [6.45, 7) is 6.10. The topological polar surface area (TPSA) is 69.4 Å². The molecule has 0 radical (unpaired) electrons. The van der Waals surface area contributed by atoms with Gasteiger partial charge in [0, 0.05) is 12.1 Å². The number of benzene rings is 1. The highest BCUT2D eigenvalue weighted by molar-refractivity contribution is 5.85. The Labute approximate surface area is 129 Å². The van der Waals surface area contributed by atoms with E-state index in [0.717, 1.165) is 42.1 Å². The Kier molecular flexibility index (Phi) is 3.47. The zero-order chi connectivity index (χ0) is 13.7. The van der Waals surface area contributed by atoms with Crippen LogP contribution < -0.4 is 5.32 Å². The van der Waals surface area contributed by atoms with Gasteiger partial charge in [0.1, 0.15) is 5.69 Å². The lowest BCUT2D eigenvalue weighted by atomic mass is 10.1. The maximum Gasteiger partial charge on any atom is 0.159 e. The highest BCUT2D eigenvalue weighted by Crippen LogP contribution is 2.26. The Hall–Kier alpha value is -1.85. The molecule has 0 spiro atoms. The summed E-state index contributed by atoms with van der Waals surface area (Å²) >= 11 is 0. The van der Waals surface area contributed by atoms with E-state index >= 15 is 0 Å². The van der Waals surface area contributed by atoms with Gasteiger partial charge in [-0.3, -0.25) is 5.10 Å². The number of hydrogen-bond acceptors (Lipinski definition) is 3. The Morgan fingerprint density at radius 2 is 1.95 bits per heavy atom. The van der Waals surface area contributed by atoms with Gasteiger partial charge < -0.3 is 10.3 Å². The maximum atomic E-state index is 4.71. The minimum Gasteiger partial charge on any atom is -0.337 e. The van der Waals surface area contributed by atoms with Crippen LogP contribution in [-0.2, 0) is 13.0 Å². The Morgan fingerprint density at radius 1 is 1.14 bits per heavy atom. The molecule has 1 aliphatic rings. The number of H-pyrrole nitrogens is 2. The molecule has 0 aliphatic carbocycles. The van der Waals surface area contributed by atoms with E-state index in [0.29, 0.717) is 0 Å². The molecule has 0 fully saturated rings. The van der Waals surface area contributed by atoms with Crippen LogP contribution >= 0.6 is 12.4 Å². The van der Waals surface area contributed by atoms with Gasteiger partial charge in [-0.05, 0) is 50.1 Å². The van der Waals surface area contributed by atoms with E-state index < -0.39 is 0 Å². The predicted octanol–water partition coefficient (Wildman–Crippen LogP) is 2.64. The Balaban J connectivity index is 0.00000132. The van der Waals surface area contributed by atoms with E-state index in [-0.39, 0.29) is 12.4 Å². The van der Waals surface area contributed by atoms with Crippen LogP contribution in [0.2, 0.25) is 0 Å². The molecule has 3 aromatic rings. The van der Waals surface area contributed by atoms with Gasteiger partial charge >= 0.3 is 0 Å². The van der Waals surface area contributed by atoms with Crippen molar-refractivity contribution >= 4 is 23.4 Å². The normalized spacial score (nSPS) is 14.0. The monoisotopic (exact) mass is 303 g/mol. The van der Waals surface area contributed by atoms with Crippen molar-refractivity contribution in [3.63, 3.8) is 0 Å². The molecule has 2 aromatic heterocycles. The third-order valence-corrected chi connectivity index (χ3v) is 4.13. The second-order valence-electron chi connectivity index (χ2n) is 5.50. The van der Waals surface area contributed by atoms with E-state index in [1.807, 2.05) is 0 Å². The molecule has 3 heterocycles. The van der Waals surface area contributed by atoms with Crippen LogP contribution in [0.1, 0.15) is 22.4 Å². The summed E-state index contributed by atoms with van der Waals surface area (Å²) in [5.74, 6) is 0.865. The second-order valence-corrected chi connectivity index (χ2v) is 5.50. The van der Waals surface area contributed by atoms with Crippen LogP contribution in [0, 0.1) is 13.8 Å². The SMILES string of the molecule is Cc1cc2nc(-c3n[nH]c4c3CCNC4)[nH]c2cc1C.Cl. The van der Waals surface area contributed by atoms with Gasteiger partial charge in [0.2, 0.25) is 0 Å². The summed E-state index contributed by atoms with van der Waals surface area (Å²) in [5, 5.41) is 10.9. The third-order valence-electron chi connectivity index (χ3n) is 4.13. The zero-order valence-electron chi connectivity index (χ0n) is 12.1. The lowest BCUT2D eigenvalue weighted by Crippen LogP contribution is -2.23. The standard InChI is InChI=1S/C15H17N5.ClH/c1-8-5-11-12(6-9(8)2)18-15(17-11)14-10-3-4-16-7-13(10)19-20-14;/h5-6,16H,3-4,7H2,1-2H3,(H,17,18)(H,19,20);1H. The highest BCUT2D eigenvalue weighted by Gasteiger charge is 2.19. The first-order chi connectivity index (χ1) is 9.72. The number of fused-ring (bicyclic) bond motifs is 2. The number of halogens is 1. The minimum absolute atomic E-state index is 0. The van der Waals surface area contributed by atoms with Gasteiger partial charge in [-0.2, -0.15) is 5.10 Å². The van der Waals surface area contributed by atoms with Crippen LogP contribution in [0.5, 0.6) is 0 Å². The number of imidazole rings is 1. The molecule has 0 saturated carbocycles. The summed E-state index contributed by atoms with van der Waals surface area (Å²) in [6, 6.07) is 4.28. The summed E-state index contributed by atoms with van der Waals surface area (Å²) < 4.78 is 0. The molecule has 4 rings (SSSR count). The summed E-state index contributed by atoms with van der Waals surface area (Å²) in [6.07, 6.45) is 0.996. The number of nitrogens with one attached hydrogen (secondary N) is 3. The average molecular weight is 304 g/mol. The third kappa shape index (κ3) is 2.22. The zero-order valence-corrected chi connectivity index (χ0v) is 12.9. The number of nitrogens with zero attached hydrogens (tertiary/aromatic N) is 2. The van der Waals surface area contributed by atoms with E-state index in [4.69, 9.17) is 4.98 Å². The molecule has 0 amide bonds. The van der Waals surface area contributed by atoms with Crippen LogP contribution in [0.15, 0.2) is 12.1 Å². The average Bonchev–Trinajstić information content (AvgIpc) is 3.02. The van der Waals surface area contributed by atoms with Gasteiger partial charge in [0.15, 0.2) is 5.82 Å². The first-order valence-electron chi connectivity index (χ1n) is 6.96. The molecule has 0 atom stereocenters. The summed E-state index contributed by atoms with van der Waals surface area (Å²) in [7, 11) is 0.